The van der Waals surface area contributed by atoms with Crippen LogP contribution in [-0.2, 0) is 17.9 Å². The smallest absolute Gasteiger partial charge is 0.366 e. The van der Waals surface area contributed by atoms with Crippen molar-refractivity contribution in [2.45, 2.75) is 32.7 Å². The molecule has 1 aromatic rings. The highest BCUT2D eigenvalue weighted by Gasteiger charge is 2.27. The van der Waals surface area contributed by atoms with Gasteiger partial charge < -0.3 is 4.74 Å². The number of nitrogens with zero attached hydrogens (tertiary/aromatic N) is 2. The predicted octanol–water partition coefficient (Wildman–Crippen LogP) is 2.37. The Labute approximate surface area is 85.8 Å². The van der Waals surface area contributed by atoms with Crippen LogP contribution in [0.4, 0.5) is 13.2 Å². The van der Waals surface area contributed by atoms with Gasteiger partial charge in [0.25, 0.3) is 0 Å². The van der Waals surface area contributed by atoms with Gasteiger partial charge in [-0.1, -0.05) is 6.92 Å². The predicted molar refractivity (Wildman–Crippen MR) is 48.2 cm³/mol. The van der Waals surface area contributed by atoms with E-state index in [9.17, 15) is 13.2 Å². The fraction of sp³-hybridized carbons (Fsp3) is 0.667. The molecule has 0 atom stereocenters. The van der Waals surface area contributed by atoms with E-state index in [0.29, 0.717) is 5.69 Å². The Bertz CT molecular complexity index is 296. The SMILES string of the molecule is CCCn1ccc(COCC(F)(F)F)n1. The second-order valence-corrected chi connectivity index (χ2v) is 3.18. The van der Waals surface area contributed by atoms with Crippen molar-refractivity contribution < 1.29 is 17.9 Å². The molecule has 0 fully saturated rings. The van der Waals surface area contributed by atoms with E-state index in [1.807, 2.05) is 6.92 Å². The quantitative estimate of drug-likeness (QED) is 0.764. The molecule has 15 heavy (non-hydrogen) atoms. The highest BCUT2D eigenvalue weighted by atomic mass is 19.4. The van der Waals surface area contributed by atoms with Crippen LogP contribution in [0.15, 0.2) is 12.3 Å². The normalized spacial score (nSPS) is 12.0. The third-order valence-electron chi connectivity index (χ3n) is 1.66. The zero-order valence-electron chi connectivity index (χ0n) is 8.42. The molecular weight excluding hydrogens is 209 g/mol. The summed E-state index contributed by atoms with van der Waals surface area (Å²) in [6, 6.07) is 1.66. The number of aryl methyl sites for hydroxylation is 1. The maximum atomic E-state index is 11.7. The largest absolute Gasteiger partial charge is 0.411 e. The molecule has 86 valence electrons. The summed E-state index contributed by atoms with van der Waals surface area (Å²) in [5.41, 5.74) is 0.521. The fourth-order valence-electron chi connectivity index (χ4n) is 1.11. The van der Waals surface area contributed by atoms with E-state index < -0.39 is 12.8 Å². The molecule has 1 rings (SSSR count). The van der Waals surface area contributed by atoms with Crippen LogP contribution >= 0.6 is 0 Å². The summed E-state index contributed by atoms with van der Waals surface area (Å²) in [6.45, 7) is 1.44. The second kappa shape index (κ2) is 5.16. The van der Waals surface area contributed by atoms with Gasteiger partial charge in [-0.3, -0.25) is 4.68 Å². The van der Waals surface area contributed by atoms with Crippen LogP contribution in [0.3, 0.4) is 0 Å². The summed E-state index contributed by atoms with van der Waals surface area (Å²) in [6.07, 6.45) is -1.60. The first kappa shape index (κ1) is 12.0. The molecule has 0 aromatic carbocycles. The minimum Gasteiger partial charge on any atom is -0.366 e. The standard InChI is InChI=1S/C9H13F3N2O/c1-2-4-14-5-3-8(13-14)6-15-7-9(10,11)12/h3,5H,2,4,6-7H2,1H3. The number of hydrogen-bond acceptors (Lipinski definition) is 2. The number of halogens is 3. The molecule has 0 aliphatic heterocycles. The van der Waals surface area contributed by atoms with Crippen LogP contribution in [0.5, 0.6) is 0 Å². The van der Waals surface area contributed by atoms with E-state index in [2.05, 4.69) is 9.84 Å². The van der Waals surface area contributed by atoms with E-state index in [1.54, 1.807) is 16.9 Å². The lowest BCUT2D eigenvalue weighted by Gasteiger charge is -2.05. The second-order valence-electron chi connectivity index (χ2n) is 3.18. The monoisotopic (exact) mass is 222 g/mol. The first-order valence-corrected chi connectivity index (χ1v) is 4.68. The van der Waals surface area contributed by atoms with Crippen LogP contribution in [0, 0.1) is 0 Å². The lowest BCUT2D eigenvalue weighted by Crippen LogP contribution is -2.16. The molecule has 0 bridgehead atoms. The van der Waals surface area contributed by atoms with Crippen molar-refractivity contribution in [1.29, 1.82) is 0 Å². The molecule has 1 aromatic heterocycles. The third kappa shape index (κ3) is 4.83. The Morgan fingerprint density at radius 2 is 2.20 bits per heavy atom. The van der Waals surface area contributed by atoms with E-state index >= 15 is 0 Å². The Morgan fingerprint density at radius 1 is 1.47 bits per heavy atom. The van der Waals surface area contributed by atoms with Crippen molar-refractivity contribution in [3.05, 3.63) is 18.0 Å². The number of hydrogen-bond donors (Lipinski definition) is 0. The van der Waals surface area contributed by atoms with Gasteiger partial charge in [-0.25, -0.2) is 0 Å². The maximum Gasteiger partial charge on any atom is 0.411 e. The number of aromatic nitrogens is 2. The molecular formula is C9H13F3N2O. The Kier molecular flexibility index (Phi) is 4.14. The molecule has 6 heteroatoms. The van der Waals surface area contributed by atoms with Crippen molar-refractivity contribution in [1.82, 2.24) is 9.78 Å². The summed E-state index contributed by atoms with van der Waals surface area (Å²) < 4.78 is 41.4. The Morgan fingerprint density at radius 3 is 2.80 bits per heavy atom. The summed E-state index contributed by atoms with van der Waals surface area (Å²) in [5, 5.41) is 4.04. The van der Waals surface area contributed by atoms with Crippen LogP contribution in [-0.4, -0.2) is 22.6 Å². The van der Waals surface area contributed by atoms with Gasteiger partial charge >= 0.3 is 6.18 Å². The molecule has 0 radical (unpaired) electrons. The average Bonchev–Trinajstić information content (AvgIpc) is 2.51. The lowest BCUT2D eigenvalue weighted by atomic mass is 10.5. The van der Waals surface area contributed by atoms with Gasteiger partial charge in [0.1, 0.15) is 6.61 Å². The topological polar surface area (TPSA) is 27.1 Å². The molecule has 0 unspecified atom stereocenters. The van der Waals surface area contributed by atoms with Crippen molar-refractivity contribution in [2.24, 2.45) is 0 Å². The Hall–Kier alpha value is -1.04. The van der Waals surface area contributed by atoms with Crippen LogP contribution in [0.1, 0.15) is 19.0 Å². The minimum atomic E-state index is -4.27. The maximum absolute atomic E-state index is 11.7. The molecule has 1 heterocycles. The van der Waals surface area contributed by atoms with Crippen molar-refractivity contribution in [2.75, 3.05) is 6.61 Å². The highest BCUT2D eigenvalue weighted by Crippen LogP contribution is 2.15. The van der Waals surface area contributed by atoms with Gasteiger partial charge in [0.05, 0.1) is 12.3 Å². The van der Waals surface area contributed by atoms with Gasteiger partial charge in [-0.15, -0.1) is 0 Å². The number of ether oxygens (including phenoxy) is 1. The molecule has 0 amide bonds. The molecule has 3 nitrogen and oxygen atoms in total. The highest BCUT2D eigenvalue weighted by molar-refractivity contribution is 4.96. The van der Waals surface area contributed by atoms with E-state index in [1.165, 1.54) is 0 Å². The first-order chi connectivity index (χ1) is 7.01. The van der Waals surface area contributed by atoms with E-state index in [0.717, 1.165) is 13.0 Å². The van der Waals surface area contributed by atoms with Crippen molar-refractivity contribution >= 4 is 0 Å². The van der Waals surface area contributed by atoms with Gasteiger partial charge in [0, 0.05) is 12.7 Å². The lowest BCUT2D eigenvalue weighted by molar-refractivity contribution is -0.176. The third-order valence-corrected chi connectivity index (χ3v) is 1.66. The van der Waals surface area contributed by atoms with E-state index in [-0.39, 0.29) is 6.61 Å². The first-order valence-electron chi connectivity index (χ1n) is 4.68. The average molecular weight is 222 g/mol. The summed E-state index contributed by atoms with van der Waals surface area (Å²) in [4.78, 5) is 0. The summed E-state index contributed by atoms with van der Waals surface area (Å²) in [7, 11) is 0. The minimum absolute atomic E-state index is 0.101. The van der Waals surface area contributed by atoms with E-state index in [4.69, 9.17) is 0 Å². The number of alkyl halides is 3. The van der Waals surface area contributed by atoms with Gasteiger partial charge in [-0.2, -0.15) is 18.3 Å². The zero-order chi connectivity index (χ0) is 11.3. The molecule has 0 N–H and O–H groups in total. The molecule has 0 spiro atoms. The summed E-state index contributed by atoms with van der Waals surface area (Å²) >= 11 is 0. The van der Waals surface area contributed by atoms with Gasteiger partial charge in [0.2, 0.25) is 0 Å². The Balaban J connectivity index is 2.31. The van der Waals surface area contributed by atoms with Crippen molar-refractivity contribution in [3.63, 3.8) is 0 Å². The fourth-order valence-corrected chi connectivity index (χ4v) is 1.11. The zero-order valence-corrected chi connectivity index (χ0v) is 8.42. The molecule has 0 aliphatic carbocycles. The van der Waals surface area contributed by atoms with Gasteiger partial charge in [-0.05, 0) is 12.5 Å². The van der Waals surface area contributed by atoms with Crippen LogP contribution in [0.2, 0.25) is 0 Å². The van der Waals surface area contributed by atoms with Crippen molar-refractivity contribution in [3.8, 4) is 0 Å². The summed E-state index contributed by atoms with van der Waals surface area (Å²) in [5.74, 6) is 0. The number of rotatable bonds is 5. The van der Waals surface area contributed by atoms with Crippen LogP contribution < -0.4 is 0 Å². The molecule has 0 saturated carbocycles. The molecule has 0 aliphatic rings. The van der Waals surface area contributed by atoms with Gasteiger partial charge in [0.15, 0.2) is 0 Å². The molecule has 0 saturated heterocycles. The van der Waals surface area contributed by atoms with Crippen LogP contribution in [0.25, 0.3) is 0 Å².